The van der Waals surface area contributed by atoms with Crippen LogP contribution in [0.1, 0.15) is 41.9 Å². The quantitative estimate of drug-likeness (QED) is 0.802. The van der Waals surface area contributed by atoms with E-state index in [4.69, 9.17) is 0 Å². The van der Waals surface area contributed by atoms with Crippen molar-refractivity contribution in [1.29, 1.82) is 0 Å². The summed E-state index contributed by atoms with van der Waals surface area (Å²) in [6.45, 7) is -0.481. The maximum atomic E-state index is 12.9. The van der Waals surface area contributed by atoms with Crippen molar-refractivity contribution in [2.75, 3.05) is 13.1 Å². The van der Waals surface area contributed by atoms with Crippen LogP contribution in [-0.4, -0.2) is 41.4 Å². The number of nitrogens with zero attached hydrogens (tertiary/aromatic N) is 2. The summed E-state index contributed by atoms with van der Waals surface area (Å²) in [6, 6.07) is 11.1. The summed E-state index contributed by atoms with van der Waals surface area (Å²) in [5, 5.41) is 2.94. The van der Waals surface area contributed by atoms with Crippen LogP contribution in [0.4, 0.5) is 8.78 Å². The second kappa shape index (κ2) is 9.45. The number of alkyl halides is 2. The van der Waals surface area contributed by atoms with Crippen LogP contribution in [0.25, 0.3) is 0 Å². The van der Waals surface area contributed by atoms with Gasteiger partial charge in [0.25, 0.3) is 5.91 Å². The minimum absolute atomic E-state index is 0.0655. The number of ether oxygens (including phenoxy) is 1. The van der Waals surface area contributed by atoms with Crippen molar-refractivity contribution in [3.8, 4) is 5.75 Å². The van der Waals surface area contributed by atoms with Gasteiger partial charge in [-0.05, 0) is 44.0 Å². The third-order valence-electron chi connectivity index (χ3n) is 4.90. The summed E-state index contributed by atoms with van der Waals surface area (Å²) < 4.78 is 29.7. The number of halogens is 2. The zero-order valence-corrected chi connectivity index (χ0v) is 16.1. The Morgan fingerprint density at radius 3 is 2.69 bits per heavy atom. The second-order valence-electron chi connectivity index (χ2n) is 6.95. The molecule has 1 aromatic heterocycles. The molecule has 1 N–H and O–H groups in total. The number of aromatic nitrogens is 1. The summed E-state index contributed by atoms with van der Waals surface area (Å²) >= 11 is 0. The van der Waals surface area contributed by atoms with Crippen molar-refractivity contribution in [1.82, 2.24) is 15.2 Å². The van der Waals surface area contributed by atoms with E-state index in [1.54, 1.807) is 18.3 Å². The predicted octanol–water partition coefficient (Wildman–Crippen LogP) is 3.41. The summed E-state index contributed by atoms with van der Waals surface area (Å²) in [5.74, 6) is -1.11. The number of hydrogen-bond donors (Lipinski definition) is 1. The first kappa shape index (κ1) is 20.7. The molecular formula is C21H23F2N3O3. The van der Waals surface area contributed by atoms with Gasteiger partial charge in [0.05, 0.1) is 23.2 Å². The fraction of sp³-hybridized carbons (Fsp3) is 0.381. The highest BCUT2D eigenvalue weighted by atomic mass is 19.3. The first-order valence-corrected chi connectivity index (χ1v) is 9.50. The lowest BCUT2D eigenvalue weighted by atomic mass is 9.96. The highest BCUT2D eigenvalue weighted by molar-refractivity contribution is 5.97. The molecule has 1 aliphatic heterocycles. The second-order valence-corrected chi connectivity index (χ2v) is 6.95. The molecule has 29 heavy (non-hydrogen) atoms. The monoisotopic (exact) mass is 403 g/mol. The largest absolute Gasteiger partial charge is 0.434 e. The predicted molar refractivity (Wildman–Crippen MR) is 102 cm³/mol. The van der Waals surface area contributed by atoms with E-state index in [0.717, 1.165) is 5.69 Å². The van der Waals surface area contributed by atoms with Gasteiger partial charge in [0.1, 0.15) is 5.75 Å². The molecular weight excluding hydrogens is 380 g/mol. The molecule has 0 bridgehead atoms. The first-order chi connectivity index (χ1) is 14.0. The zero-order valence-electron chi connectivity index (χ0n) is 16.1. The molecule has 1 aliphatic rings. The number of piperidine rings is 1. The van der Waals surface area contributed by atoms with E-state index in [9.17, 15) is 18.4 Å². The minimum atomic E-state index is -3.02. The molecule has 6 nitrogen and oxygen atoms in total. The Bertz CT molecular complexity index is 848. The van der Waals surface area contributed by atoms with Crippen LogP contribution >= 0.6 is 0 Å². The van der Waals surface area contributed by atoms with Gasteiger partial charge >= 0.3 is 6.61 Å². The van der Waals surface area contributed by atoms with Crippen LogP contribution in [0, 0.1) is 5.92 Å². The topological polar surface area (TPSA) is 71.5 Å². The van der Waals surface area contributed by atoms with Crippen LogP contribution in [-0.2, 0) is 4.79 Å². The van der Waals surface area contributed by atoms with Gasteiger partial charge in [0.15, 0.2) is 0 Å². The van der Waals surface area contributed by atoms with E-state index in [2.05, 4.69) is 15.0 Å². The number of amides is 2. The fourth-order valence-corrected chi connectivity index (χ4v) is 3.43. The number of carbonyl (C=O) groups is 2. The Hall–Kier alpha value is -3.03. The lowest BCUT2D eigenvalue weighted by molar-refractivity contribution is -0.127. The fourth-order valence-electron chi connectivity index (χ4n) is 3.43. The number of carbonyl (C=O) groups excluding carboxylic acids is 2. The van der Waals surface area contributed by atoms with Gasteiger partial charge in [-0.15, -0.1) is 0 Å². The van der Waals surface area contributed by atoms with Gasteiger partial charge in [-0.1, -0.05) is 18.2 Å². The van der Waals surface area contributed by atoms with Gasteiger partial charge in [-0.3, -0.25) is 14.6 Å². The lowest BCUT2D eigenvalue weighted by Gasteiger charge is -2.33. The van der Waals surface area contributed by atoms with Crippen LogP contribution < -0.4 is 10.1 Å². The van der Waals surface area contributed by atoms with Gasteiger partial charge in [0.2, 0.25) is 5.91 Å². The number of rotatable bonds is 6. The standard InChI is InChI=1S/C21H23F2N3O3/c1-14(17-9-4-5-11-24-17)25-19(27)15-7-6-12-26(13-15)20(28)16-8-2-3-10-18(16)29-21(22)23/h2-5,8-11,14-15,21H,6-7,12-13H2,1H3,(H,25,27). The maximum absolute atomic E-state index is 12.9. The van der Waals surface area contributed by atoms with Crippen molar-refractivity contribution in [3.63, 3.8) is 0 Å². The average Bonchev–Trinajstić information content (AvgIpc) is 2.74. The molecule has 2 heterocycles. The van der Waals surface area contributed by atoms with E-state index < -0.39 is 12.5 Å². The van der Waals surface area contributed by atoms with E-state index in [0.29, 0.717) is 19.4 Å². The van der Waals surface area contributed by atoms with Crippen LogP contribution in [0.5, 0.6) is 5.75 Å². The zero-order chi connectivity index (χ0) is 20.8. The summed E-state index contributed by atoms with van der Waals surface area (Å²) in [6.07, 6.45) is 2.97. The van der Waals surface area contributed by atoms with Crippen molar-refractivity contribution in [2.45, 2.75) is 32.4 Å². The Kier molecular flexibility index (Phi) is 6.74. The molecule has 0 aliphatic carbocycles. The number of nitrogens with one attached hydrogen (secondary N) is 1. The van der Waals surface area contributed by atoms with Gasteiger partial charge < -0.3 is 15.0 Å². The number of para-hydroxylation sites is 1. The summed E-state index contributed by atoms with van der Waals surface area (Å²) in [5.41, 5.74) is 0.818. The maximum Gasteiger partial charge on any atom is 0.387 e. The summed E-state index contributed by atoms with van der Waals surface area (Å²) in [4.78, 5) is 31.3. The Labute approximate surface area is 167 Å². The molecule has 0 spiro atoms. The van der Waals surface area contributed by atoms with Crippen LogP contribution in [0.3, 0.4) is 0 Å². The van der Waals surface area contributed by atoms with Crippen molar-refractivity contribution < 1.29 is 23.1 Å². The molecule has 2 atom stereocenters. The van der Waals surface area contributed by atoms with Crippen molar-refractivity contribution >= 4 is 11.8 Å². The highest BCUT2D eigenvalue weighted by Gasteiger charge is 2.31. The van der Waals surface area contributed by atoms with Crippen LogP contribution in [0.2, 0.25) is 0 Å². The van der Waals surface area contributed by atoms with Gasteiger partial charge in [0, 0.05) is 19.3 Å². The minimum Gasteiger partial charge on any atom is -0.434 e. The molecule has 0 radical (unpaired) electrons. The third-order valence-corrected chi connectivity index (χ3v) is 4.90. The molecule has 3 rings (SSSR count). The number of likely N-dealkylation sites (tertiary alicyclic amines) is 1. The summed E-state index contributed by atoms with van der Waals surface area (Å²) in [7, 11) is 0. The van der Waals surface area contributed by atoms with Crippen molar-refractivity contribution in [2.24, 2.45) is 5.92 Å². The number of hydrogen-bond acceptors (Lipinski definition) is 4. The lowest BCUT2D eigenvalue weighted by Crippen LogP contribution is -2.46. The van der Waals surface area contributed by atoms with Gasteiger partial charge in [-0.2, -0.15) is 8.78 Å². The first-order valence-electron chi connectivity index (χ1n) is 9.50. The molecule has 1 aromatic carbocycles. The SMILES string of the molecule is CC(NC(=O)C1CCCN(C(=O)c2ccccc2OC(F)F)C1)c1ccccn1. The van der Waals surface area contributed by atoms with E-state index in [1.165, 1.54) is 23.1 Å². The Morgan fingerprint density at radius 2 is 1.97 bits per heavy atom. The molecule has 2 unspecified atom stereocenters. The third kappa shape index (κ3) is 5.28. The van der Waals surface area contributed by atoms with Gasteiger partial charge in [-0.25, -0.2) is 0 Å². The number of benzene rings is 1. The Balaban J connectivity index is 1.66. The molecule has 1 fully saturated rings. The van der Waals surface area contributed by atoms with Crippen LogP contribution in [0.15, 0.2) is 48.7 Å². The molecule has 2 aromatic rings. The number of pyridine rings is 1. The molecule has 2 amide bonds. The van der Waals surface area contributed by atoms with E-state index >= 15 is 0 Å². The normalized spacial score (nSPS) is 17.7. The smallest absolute Gasteiger partial charge is 0.387 e. The highest BCUT2D eigenvalue weighted by Crippen LogP contribution is 2.25. The average molecular weight is 403 g/mol. The van der Waals surface area contributed by atoms with Crippen molar-refractivity contribution in [3.05, 3.63) is 59.9 Å². The van der Waals surface area contributed by atoms with E-state index in [-0.39, 0.29) is 35.7 Å². The Morgan fingerprint density at radius 1 is 1.21 bits per heavy atom. The molecule has 0 saturated carbocycles. The molecule has 154 valence electrons. The van der Waals surface area contributed by atoms with E-state index in [1.807, 2.05) is 19.1 Å². The molecule has 1 saturated heterocycles. The molecule has 8 heteroatoms.